The normalized spacial score (nSPS) is 10.3. The van der Waals surface area contributed by atoms with Gasteiger partial charge < -0.3 is 5.32 Å². The molecule has 0 bridgehead atoms. The Morgan fingerprint density at radius 3 is 2.45 bits per heavy atom. The molecule has 3 nitrogen and oxygen atoms in total. The average Bonchev–Trinajstić information content (AvgIpc) is 2.94. The van der Waals surface area contributed by atoms with E-state index in [0.29, 0.717) is 4.88 Å². The highest BCUT2D eigenvalue weighted by Gasteiger charge is 2.12. The van der Waals surface area contributed by atoms with Crippen LogP contribution >= 0.6 is 23.1 Å². The van der Waals surface area contributed by atoms with E-state index in [1.165, 1.54) is 11.3 Å². The van der Waals surface area contributed by atoms with E-state index in [-0.39, 0.29) is 16.8 Å². The van der Waals surface area contributed by atoms with Crippen LogP contribution in [0.2, 0.25) is 0 Å². The van der Waals surface area contributed by atoms with E-state index in [1.807, 2.05) is 43.5 Å². The number of aryl methyl sites for hydroxylation is 2. The number of carbonyl (C=O) groups is 2. The molecule has 0 saturated carbocycles. The molecule has 2 aromatic rings. The van der Waals surface area contributed by atoms with E-state index in [0.717, 1.165) is 28.6 Å². The fourth-order valence-corrected chi connectivity index (χ4v) is 3.21. The van der Waals surface area contributed by atoms with Crippen molar-refractivity contribution in [2.75, 3.05) is 11.1 Å². The maximum atomic E-state index is 11.9. The van der Waals surface area contributed by atoms with Crippen LogP contribution in [-0.4, -0.2) is 16.8 Å². The number of amides is 1. The van der Waals surface area contributed by atoms with Crippen molar-refractivity contribution < 1.29 is 9.59 Å². The number of hydrogen-bond donors (Lipinski definition) is 1. The molecule has 0 atom stereocenters. The highest BCUT2D eigenvalue weighted by atomic mass is 32.2. The number of thiophene rings is 1. The molecule has 5 heteroatoms. The number of benzene rings is 1. The molecule has 1 amide bonds. The summed E-state index contributed by atoms with van der Waals surface area (Å²) in [5.74, 6) is -0.0258. The molecule has 0 fully saturated rings. The van der Waals surface area contributed by atoms with E-state index < -0.39 is 0 Å². The Morgan fingerprint density at radius 1 is 1.15 bits per heavy atom. The molecular formula is C15H15NO2S2. The summed E-state index contributed by atoms with van der Waals surface area (Å²) in [6.07, 6.45) is 0. The topological polar surface area (TPSA) is 46.2 Å². The van der Waals surface area contributed by atoms with Crippen LogP contribution in [0.3, 0.4) is 0 Å². The molecular weight excluding hydrogens is 290 g/mol. The van der Waals surface area contributed by atoms with Gasteiger partial charge in [0.2, 0.25) is 11.0 Å². The SMILES string of the molecule is Cc1cccc(C)c1NC(=O)CSC(=O)c1cccs1. The van der Waals surface area contributed by atoms with Crippen molar-refractivity contribution in [1.82, 2.24) is 0 Å². The van der Waals surface area contributed by atoms with Crippen molar-refractivity contribution in [1.29, 1.82) is 0 Å². The van der Waals surface area contributed by atoms with Gasteiger partial charge in [0.05, 0.1) is 10.6 Å². The summed E-state index contributed by atoms with van der Waals surface area (Å²) in [5, 5.41) is 4.66. The minimum Gasteiger partial charge on any atom is -0.325 e. The van der Waals surface area contributed by atoms with Crippen molar-refractivity contribution >= 4 is 39.8 Å². The van der Waals surface area contributed by atoms with Crippen LogP contribution in [0.1, 0.15) is 20.8 Å². The maximum Gasteiger partial charge on any atom is 0.234 e. The van der Waals surface area contributed by atoms with Gasteiger partial charge >= 0.3 is 0 Å². The molecule has 0 saturated heterocycles. The lowest BCUT2D eigenvalue weighted by Gasteiger charge is -2.10. The van der Waals surface area contributed by atoms with Crippen molar-refractivity contribution in [3.63, 3.8) is 0 Å². The number of hydrogen-bond acceptors (Lipinski definition) is 4. The van der Waals surface area contributed by atoms with E-state index >= 15 is 0 Å². The number of rotatable bonds is 4. The van der Waals surface area contributed by atoms with Gasteiger partial charge in [-0.2, -0.15) is 0 Å². The Morgan fingerprint density at radius 2 is 1.85 bits per heavy atom. The van der Waals surface area contributed by atoms with Gasteiger partial charge in [-0.1, -0.05) is 36.0 Å². The summed E-state index contributed by atoms with van der Waals surface area (Å²) in [7, 11) is 0. The zero-order valence-electron chi connectivity index (χ0n) is 11.3. The van der Waals surface area contributed by atoms with Crippen LogP contribution in [0.25, 0.3) is 0 Å². The van der Waals surface area contributed by atoms with E-state index in [9.17, 15) is 9.59 Å². The molecule has 2 rings (SSSR count). The highest BCUT2D eigenvalue weighted by Crippen LogP contribution is 2.21. The van der Waals surface area contributed by atoms with Crippen LogP contribution in [-0.2, 0) is 4.79 Å². The largest absolute Gasteiger partial charge is 0.325 e. The van der Waals surface area contributed by atoms with Crippen LogP contribution in [0, 0.1) is 13.8 Å². The first-order valence-electron chi connectivity index (χ1n) is 6.14. The Bertz CT molecular complexity index is 601. The first kappa shape index (κ1) is 14.8. The van der Waals surface area contributed by atoms with E-state index in [2.05, 4.69) is 5.32 Å². The molecule has 0 unspecified atom stereocenters. The van der Waals surface area contributed by atoms with E-state index in [4.69, 9.17) is 0 Å². The molecule has 1 aromatic carbocycles. The van der Waals surface area contributed by atoms with Gasteiger partial charge in [0, 0.05) is 5.69 Å². The highest BCUT2D eigenvalue weighted by molar-refractivity contribution is 8.14. The van der Waals surface area contributed by atoms with Crippen LogP contribution in [0.4, 0.5) is 5.69 Å². The fourth-order valence-electron chi connectivity index (χ4n) is 1.78. The summed E-state index contributed by atoms with van der Waals surface area (Å²) in [6, 6.07) is 9.45. The van der Waals surface area contributed by atoms with Crippen LogP contribution < -0.4 is 5.32 Å². The number of nitrogens with one attached hydrogen (secondary N) is 1. The third kappa shape index (κ3) is 3.71. The average molecular weight is 305 g/mol. The van der Waals surface area contributed by atoms with Crippen molar-refractivity contribution in [3.8, 4) is 0 Å². The van der Waals surface area contributed by atoms with E-state index in [1.54, 1.807) is 6.07 Å². The Kier molecular flexibility index (Phi) is 4.98. The summed E-state index contributed by atoms with van der Waals surface area (Å²) in [6.45, 7) is 3.90. The molecule has 0 aliphatic rings. The van der Waals surface area contributed by atoms with Crippen molar-refractivity contribution in [3.05, 3.63) is 51.7 Å². The molecule has 20 heavy (non-hydrogen) atoms. The first-order chi connectivity index (χ1) is 9.58. The first-order valence-corrected chi connectivity index (χ1v) is 8.01. The smallest absolute Gasteiger partial charge is 0.234 e. The summed E-state index contributed by atoms with van der Waals surface area (Å²) in [5.41, 5.74) is 2.88. The van der Waals surface area contributed by atoms with Crippen molar-refractivity contribution in [2.45, 2.75) is 13.8 Å². The summed E-state index contributed by atoms with van der Waals surface area (Å²) < 4.78 is 0. The zero-order chi connectivity index (χ0) is 14.5. The predicted octanol–water partition coefficient (Wildman–Crippen LogP) is 3.88. The molecule has 0 spiro atoms. The van der Waals surface area contributed by atoms with Gasteiger partial charge in [-0.3, -0.25) is 9.59 Å². The Balaban J connectivity index is 1.92. The molecule has 0 aliphatic heterocycles. The van der Waals surface area contributed by atoms with Gasteiger partial charge in [0.15, 0.2) is 0 Å². The molecule has 1 N–H and O–H groups in total. The lowest BCUT2D eigenvalue weighted by Crippen LogP contribution is -2.16. The fraction of sp³-hybridized carbons (Fsp3) is 0.200. The van der Waals surface area contributed by atoms with Gasteiger partial charge in [-0.15, -0.1) is 11.3 Å². The molecule has 0 aliphatic carbocycles. The molecule has 1 heterocycles. The minimum atomic E-state index is -0.155. The standard InChI is InChI=1S/C15H15NO2S2/c1-10-5-3-6-11(2)14(10)16-13(17)9-20-15(18)12-7-4-8-19-12/h3-8H,9H2,1-2H3,(H,16,17). The molecule has 1 aromatic heterocycles. The third-order valence-corrected chi connectivity index (χ3v) is 4.69. The summed E-state index contributed by atoms with van der Waals surface area (Å²) in [4.78, 5) is 24.4. The van der Waals surface area contributed by atoms with Gasteiger partial charge in [0.25, 0.3) is 0 Å². The second-order valence-corrected chi connectivity index (χ2v) is 6.26. The van der Waals surface area contributed by atoms with Crippen LogP contribution in [0.5, 0.6) is 0 Å². The Labute approximate surface area is 126 Å². The lowest BCUT2D eigenvalue weighted by molar-refractivity contribution is -0.113. The number of para-hydroxylation sites is 1. The number of anilines is 1. The van der Waals surface area contributed by atoms with Crippen LogP contribution in [0.15, 0.2) is 35.7 Å². The third-order valence-electron chi connectivity index (χ3n) is 2.80. The number of thioether (sulfide) groups is 1. The molecule has 0 radical (unpaired) electrons. The van der Waals surface area contributed by atoms with Crippen molar-refractivity contribution in [2.24, 2.45) is 0 Å². The quantitative estimate of drug-likeness (QED) is 0.932. The number of carbonyl (C=O) groups excluding carboxylic acids is 2. The maximum absolute atomic E-state index is 11.9. The van der Waals surface area contributed by atoms with Gasteiger partial charge in [-0.05, 0) is 36.4 Å². The predicted molar refractivity (Wildman–Crippen MR) is 85.7 cm³/mol. The Hall–Kier alpha value is -1.59. The second kappa shape index (κ2) is 6.72. The minimum absolute atomic E-state index is 0.0587. The molecule has 104 valence electrons. The lowest BCUT2D eigenvalue weighted by atomic mass is 10.1. The second-order valence-electron chi connectivity index (χ2n) is 4.37. The van der Waals surface area contributed by atoms with Gasteiger partial charge in [0.1, 0.15) is 0 Å². The summed E-state index contributed by atoms with van der Waals surface area (Å²) >= 11 is 2.42. The zero-order valence-corrected chi connectivity index (χ0v) is 12.9. The monoisotopic (exact) mass is 305 g/mol. The van der Waals surface area contributed by atoms with Gasteiger partial charge in [-0.25, -0.2) is 0 Å².